The normalized spacial score (nSPS) is 10.0. The number of carbonyl (C=O) groups is 2. The first kappa shape index (κ1) is 18.3. The lowest BCUT2D eigenvalue weighted by molar-refractivity contribution is 0.0526. The summed E-state index contributed by atoms with van der Waals surface area (Å²) in [6.07, 6.45) is 0. The lowest BCUT2D eigenvalue weighted by Crippen LogP contribution is -2.19. The van der Waals surface area contributed by atoms with Gasteiger partial charge in [-0.05, 0) is 43.3 Å². The molecule has 0 spiro atoms. The van der Waals surface area contributed by atoms with Crippen molar-refractivity contribution in [2.75, 3.05) is 30.5 Å². The van der Waals surface area contributed by atoms with Crippen LogP contribution in [0.3, 0.4) is 0 Å². The first-order valence-corrected chi connectivity index (χ1v) is 7.81. The van der Waals surface area contributed by atoms with Crippen molar-refractivity contribution in [3.05, 3.63) is 54.1 Å². The van der Waals surface area contributed by atoms with Crippen LogP contribution in [-0.4, -0.2) is 36.9 Å². The minimum Gasteiger partial charge on any atom is -0.491 e. The molecule has 2 rings (SSSR count). The van der Waals surface area contributed by atoms with Crippen LogP contribution in [0.5, 0.6) is 5.75 Å². The number of hydrogen-bond donors (Lipinski definition) is 3. The van der Waals surface area contributed by atoms with E-state index in [0.29, 0.717) is 29.3 Å². The smallest absolute Gasteiger partial charge is 0.338 e. The van der Waals surface area contributed by atoms with Crippen LogP contribution in [0.4, 0.5) is 16.2 Å². The molecule has 0 heterocycles. The van der Waals surface area contributed by atoms with Gasteiger partial charge < -0.3 is 25.2 Å². The molecule has 0 radical (unpaired) electrons. The van der Waals surface area contributed by atoms with Gasteiger partial charge in [-0.15, -0.1) is 0 Å². The number of aliphatic hydroxyl groups excluding tert-OH is 1. The summed E-state index contributed by atoms with van der Waals surface area (Å²) in [6.45, 7) is 2.15. The summed E-state index contributed by atoms with van der Waals surface area (Å²) in [4.78, 5) is 23.6. The molecule has 0 atom stereocenters. The maximum Gasteiger partial charge on any atom is 0.338 e. The van der Waals surface area contributed by atoms with Crippen molar-refractivity contribution in [1.82, 2.24) is 0 Å². The second-order valence-electron chi connectivity index (χ2n) is 4.98. The van der Waals surface area contributed by atoms with E-state index >= 15 is 0 Å². The van der Waals surface area contributed by atoms with Gasteiger partial charge in [0.05, 0.1) is 18.8 Å². The SMILES string of the molecule is CCOC(=O)c1ccc(NC(=O)Nc2cccc(OCCO)c2)cc1. The van der Waals surface area contributed by atoms with Crippen LogP contribution in [0, 0.1) is 0 Å². The van der Waals surface area contributed by atoms with E-state index in [4.69, 9.17) is 14.6 Å². The van der Waals surface area contributed by atoms with Gasteiger partial charge in [-0.1, -0.05) is 6.07 Å². The first-order valence-electron chi connectivity index (χ1n) is 7.81. The number of benzene rings is 2. The molecule has 0 aromatic heterocycles. The Morgan fingerprint density at radius 2 is 1.76 bits per heavy atom. The average Bonchev–Trinajstić information content (AvgIpc) is 2.61. The minimum atomic E-state index is -0.428. The third kappa shape index (κ3) is 5.82. The van der Waals surface area contributed by atoms with E-state index in [1.807, 2.05) is 0 Å². The zero-order chi connectivity index (χ0) is 18.1. The van der Waals surface area contributed by atoms with Crippen LogP contribution in [0.15, 0.2) is 48.5 Å². The number of carbonyl (C=O) groups excluding carboxylic acids is 2. The van der Waals surface area contributed by atoms with Crippen LogP contribution < -0.4 is 15.4 Å². The van der Waals surface area contributed by atoms with Crippen LogP contribution >= 0.6 is 0 Å². The molecule has 0 aliphatic rings. The molecule has 132 valence electrons. The van der Waals surface area contributed by atoms with Crippen molar-refractivity contribution in [3.8, 4) is 5.75 Å². The second kappa shape index (κ2) is 9.29. The Balaban J connectivity index is 1.92. The quantitative estimate of drug-likeness (QED) is 0.671. The summed E-state index contributed by atoms with van der Waals surface area (Å²) in [5.74, 6) is 0.142. The number of urea groups is 1. The van der Waals surface area contributed by atoms with Crippen molar-refractivity contribution in [1.29, 1.82) is 0 Å². The number of aliphatic hydroxyl groups is 1. The predicted octanol–water partition coefficient (Wildman–Crippen LogP) is 2.88. The molecule has 2 aromatic carbocycles. The fourth-order valence-corrected chi connectivity index (χ4v) is 2.02. The van der Waals surface area contributed by atoms with Crippen LogP contribution in [0.1, 0.15) is 17.3 Å². The molecule has 0 fully saturated rings. The molecule has 7 heteroatoms. The standard InChI is InChI=1S/C18H20N2O5/c1-2-24-17(22)13-6-8-14(9-7-13)19-18(23)20-15-4-3-5-16(12-15)25-11-10-21/h3-9,12,21H,2,10-11H2,1H3,(H2,19,20,23). The first-order chi connectivity index (χ1) is 12.1. The number of rotatable bonds is 7. The van der Waals surface area contributed by atoms with E-state index < -0.39 is 12.0 Å². The maximum absolute atomic E-state index is 12.0. The summed E-state index contributed by atoms with van der Waals surface area (Å²) < 4.78 is 10.2. The molecule has 2 aromatic rings. The molecule has 0 aliphatic carbocycles. The number of esters is 1. The molecule has 3 N–H and O–H groups in total. The van der Waals surface area contributed by atoms with Crippen molar-refractivity contribution >= 4 is 23.4 Å². The van der Waals surface area contributed by atoms with Crippen molar-refractivity contribution in [2.24, 2.45) is 0 Å². The average molecular weight is 344 g/mol. The Labute approximate surface area is 145 Å². The van der Waals surface area contributed by atoms with Gasteiger partial charge in [-0.25, -0.2) is 9.59 Å². The Kier molecular flexibility index (Phi) is 6.79. The highest BCUT2D eigenvalue weighted by atomic mass is 16.5. The zero-order valence-electron chi connectivity index (χ0n) is 13.8. The molecule has 0 bridgehead atoms. The van der Waals surface area contributed by atoms with Crippen molar-refractivity contribution in [2.45, 2.75) is 6.92 Å². The third-order valence-electron chi connectivity index (χ3n) is 3.11. The highest BCUT2D eigenvalue weighted by Gasteiger charge is 2.07. The topological polar surface area (TPSA) is 96.9 Å². The van der Waals surface area contributed by atoms with E-state index in [0.717, 1.165) is 0 Å². The number of amides is 2. The van der Waals surface area contributed by atoms with Gasteiger partial charge in [0, 0.05) is 17.4 Å². The highest BCUT2D eigenvalue weighted by molar-refractivity contribution is 6.00. The third-order valence-corrected chi connectivity index (χ3v) is 3.11. The lowest BCUT2D eigenvalue weighted by atomic mass is 10.2. The monoisotopic (exact) mass is 344 g/mol. The van der Waals surface area contributed by atoms with Crippen LogP contribution in [-0.2, 0) is 4.74 Å². The van der Waals surface area contributed by atoms with Crippen LogP contribution in [0.25, 0.3) is 0 Å². The zero-order valence-corrected chi connectivity index (χ0v) is 13.8. The Morgan fingerprint density at radius 3 is 2.44 bits per heavy atom. The number of ether oxygens (including phenoxy) is 2. The number of hydrogen-bond acceptors (Lipinski definition) is 5. The number of anilines is 2. The fraction of sp³-hybridized carbons (Fsp3) is 0.222. The Morgan fingerprint density at radius 1 is 1.04 bits per heavy atom. The molecule has 0 aliphatic heterocycles. The molecule has 0 unspecified atom stereocenters. The van der Waals surface area contributed by atoms with E-state index in [2.05, 4.69) is 10.6 Å². The molecular formula is C18H20N2O5. The van der Waals surface area contributed by atoms with Crippen LogP contribution in [0.2, 0.25) is 0 Å². The van der Waals surface area contributed by atoms with E-state index in [9.17, 15) is 9.59 Å². The maximum atomic E-state index is 12.0. The predicted molar refractivity (Wildman–Crippen MR) is 94.1 cm³/mol. The van der Waals surface area contributed by atoms with Gasteiger partial charge in [0.1, 0.15) is 12.4 Å². The van der Waals surface area contributed by atoms with Gasteiger partial charge in [-0.2, -0.15) is 0 Å². The van der Waals surface area contributed by atoms with Crippen molar-refractivity contribution in [3.63, 3.8) is 0 Å². The summed E-state index contributed by atoms with van der Waals surface area (Å²) in [5.41, 5.74) is 1.51. The second-order valence-corrected chi connectivity index (χ2v) is 4.98. The molecule has 0 saturated carbocycles. The molecule has 2 amide bonds. The summed E-state index contributed by atoms with van der Waals surface area (Å²) in [7, 11) is 0. The van der Waals surface area contributed by atoms with Gasteiger partial charge in [-0.3, -0.25) is 0 Å². The van der Waals surface area contributed by atoms with Gasteiger partial charge >= 0.3 is 12.0 Å². The summed E-state index contributed by atoms with van der Waals surface area (Å²) in [5, 5.41) is 14.1. The highest BCUT2D eigenvalue weighted by Crippen LogP contribution is 2.18. The lowest BCUT2D eigenvalue weighted by Gasteiger charge is -2.10. The molecule has 25 heavy (non-hydrogen) atoms. The minimum absolute atomic E-state index is 0.0834. The summed E-state index contributed by atoms with van der Waals surface area (Å²) >= 11 is 0. The number of nitrogens with one attached hydrogen (secondary N) is 2. The molecular weight excluding hydrogens is 324 g/mol. The molecule has 0 saturated heterocycles. The van der Waals surface area contributed by atoms with Gasteiger partial charge in [0.2, 0.25) is 0 Å². The van der Waals surface area contributed by atoms with Gasteiger partial charge in [0.15, 0.2) is 0 Å². The largest absolute Gasteiger partial charge is 0.491 e. The van der Waals surface area contributed by atoms with E-state index in [-0.39, 0.29) is 13.2 Å². The summed E-state index contributed by atoms with van der Waals surface area (Å²) in [6, 6.07) is 12.8. The van der Waals surface area contributed by atoms with E-state index in [1.165, 1.54) is 0 Å². The van der Waals surface area contributed by atoms with Gasteiger partial charge in [0.25, 0.3) is 0 Å². The van der Waals surface area contributed by atoms with E-state index in [1.54, 1.807) is 55.5 Å². The fourth-order valence-electron chi connectivity index (χ4n) is 2.02. The Bertz CT molecular complexity index is 716. The molecule has 7 nitrogen and oxygen atoms in total. The van der Waals surface area contributed by atoms with Crippen molar-refractivity contribution < 1.29 is 24.2 Å². The Hall–Kier alpha value is -3.06.